The average molecular weight is 460 g/mol. The van der Waals surface area contributed by atoms with E-state index >= 15 is 0 Å². The second kappa shape index (κ2) is 7.79. The van der Waals surface area contributed by atoms with Gasteiger partial charge in [0.25, 0.3) is 5.91 Å². The van der Waals surface area contributed by atoms with E-state index in [9.17, 15) is 4.79 Å². The lowest BCUT2D eigenvalue weighted by Gasteiger charge is -2.09. The summed E-state index contributed by atoms with van der Waals surface area (Å²) in [7, 11) is 0. The van der Waals surface area contributed by atoms with Gasteiger partial charge in [0.2, 0.25) is 0 Å². The minimum absolute atomic E-state index is 0.0952. The van der Waals surface area contributed by atoms with Crippen molar-refractivity contribution in [3.05, 3.63) is 61.6 Å². The van der Waals surface area contributed by atoms with Crippen LogP contribution in [0.15, 0.2) is 46.9 Å². The molecule has 2 aromatic carbocycles. The third-order valence-electron chi connectivity index (χ3n) is 2.84. The highest BCUT2D eigenvalue weighted by atomic mass is 127. The quantitative estimate of drug-likeness (QED) is 0.673. The molecule has 0 radical (unpaired) electrons. The highest BCUT2D eigenvalue weighted by molar-refractivity contribution is 14.1. The van der Waals surface area contributed by atoms with Crippen molar-refractivity contribution in [2.75, 3.05) is 6.61 Å². The number of amides is 1. The second-order valence-corrected chi connectivity index (χ2v) is 6.49. The summed E-state index contributed by atoms with van der Waals surface area (Å²) in [4.78, 5) is 12.2. The van der Waals surface area contributed by atoms with Gasteiger partial charge in [-0.25, -0.2) is 0 Å². The Morgan fingerprint density at radius 3 is 2.86 bits per heavy atom. The second-order valence-electron chi connectivity index (χ2n) is 4.39. The molecule has 5 heteroatoms. The van der Waals surface area contributed by atoms with Crippen LogP contribution in [0.3, 0.4) is 0 Å². The Balaban J connectivity index is 2.04. The minimum Gasteiger partial charge on any atom is -0.494 e. The fourth-order valence-electron chi connectivity index (χ4n) is 1.86. The van der Waals surface area contributed by atoms with Gasteiger partial charge in [0.15, 0.2) is 0 Å². The Hall–Kier alpha value is -1.08. The Morgan fingerprint density at radius 1 is 1.29 bits per heavy atom. The fourth-order valence-corrected chi connectivity index (χ4v) is 2.78. The largest absolute Gasteiger partial charge is 0.494 e. The van der Waals surface area contributed by atoms with Crippen LogP contribution in [-0.2, 0) is 6.54 Å². The first-order valence-corrected chi connectivity index (χ1v) is 8.42. The molecule has 0 saturated carbocycles. The van der Waals surface area contributed by atoms with Crippen molar-refractivity contribution in [1.29, 1.82) is 0 Å². The first-order valence-electron chi connectivity index (χ1n) is 6.55. The van der Waals surface area contributed by atoms with Gasteiger partial charge in [-0.05, 0) is 81.3 Å². The molecule has 0 bridgehead atoms. The first kappa shape index (κ1) is 16.3. The summed E-state index contributed by atoms with van der Waals surface area (Å²) in [6.45, 7) is 3.05. The highest BCUT2D eigenvalue weighted by Crippen LogP contribution is 2.20. The van der Waals surface area contributed by atoms with Crippen molar-refractivity contribution in [2.45, 2.75) is 13.5 Å². The van der Waals surface area contributed by atoms with E-state index in [0.29, 0.717) is 18.7 Å². The molecule has 0 spiro atoms. The molecule has 0 aliphatic heterocycles. The van der Waals surface area contributed by atoms with Crippen molar-refractivity contribution in [3.8, 4) is 5.75 Å². The molecule has 0 saturated heterocycles. The monoisotopic (exact) mass is 459 g/mol. The number of nitrogens with one attached hydrogen (secondary N) is 1. The number of ether oxygens (including phenoxy) is 1. The van der Waals surface area contributed by atoms with Gasteiger partial charge in [-0.1, -0.05) is 12.1 Å². The lowest BCUT2D eigenvalue weighted by Crippen LogP contribution is -2.23. The summed E-state index contributed by atoms with van der Waals surface area (Å²) in [6, 6.07) is 13.4. The summed E-state index contributed by atoms with van der Waals surface area (Å²) in [5.74, 6) is 0.724. The van der Waals surface area contributed by atoms with Crippen LogP contribution in [0, 0.1) is 3.57 Å². The van der Waals surface area contributed by atoms with E-state index in [1.54, 1.807) is 0 Å². The normalized spacial score (nSPS) is 10.2. The molecule has 0 aliphatic rings. The van der Waals surface area contributed by atoms with Crippen LogP contribution in [0.5, 0.6) is 5.75 Å². The van der Waals surface area contributed by atoms with E-state index in [1.807, 2.05) is 49.4 Å². The maximum absolute atomic E-state index is 12.2. The van der Waals surface area contributed by atoms with Crippen molar-refractivity contribution in [3.63, 3.8) is 0 Å². The lowest BCUT2D eigenvalue weighted by atomic mass is 10.2. The first-order chi connectivity index (χ1) is 10.1. The number of hydrogen-bond acceptors (Lipinski definition) is 2. The van der Waals surface area contributed by atoms with E-state index in [1.165, 1.54) is 0 Å². The van der Waals surface area contributed by atoms with Crippen LogP contribution in [0.4, 0.5) is 0 Å². The Labute approximate surface area is 146 Å². The van der Waals surface area contributed by atoms with E-state index < -0.39 is 0 Å². The number of benzene rings is 2. The molecular formula is C16H15BrINO2. The van der Waals surface area contributed by atoms with E-state index in [-0.39, 0.29) is 5.91 Å². The Kier molecular flexibility index (Phi) is 6.05. The van der Waals surface area contributed by atoms with Gasteiger partial charge in [0.05, 0.1) is 12.2 Å². The number of hydrogen-bond donors (Lipinski definition) is 1. The molecule has 0 aliphatic carbocycles. The average Bonchev–Trinajstić information content (AvgIpc) is 2.48. The molecule has 0 aromatic heterocycles. The van der Waals surface area contributed by atoms with Crippen molar-refractivity contribution < 1.29 is 9.53 Å². The molecule has 21 heavy (non-hydrogen) atoms. The maximum Gasteiger partial charge on any atom is 0.252 e. The van der Waals surface area contributed by atoms with Gasteiger partial charge in [0.1, 0.15) is 5.75 Å². The van der Waals surface area contributed by atoms with E-state index in [4.69, 9.17) is 4.74 Å². The molecule has 2 aromatic rings. The van der Waals surface area contributed by atoms with Gasteiger partial charge in [0, 0.05) is 14.6 Å². The zero-order chi connectivity index (χ0) is 15.2. The molecule has 0 heterocycles. The van der Waals surface area contributed by atoms with Crippen LogP contribution < -0.4 is 10.1 Å². The minimum atomic E-state index is -0.0952. The van der Waals surface area contributed by atoms with Gasteiger partial charge < -0.3 is 10.1 Å². The predicted octanol–water partition coefficient (Wildman–Crippen LogP) is 4.38. The summed E-state index contributed by atoms with van der Waals surface area (Å²) >= 11 is 5.60. The van der Waals surface area contributed by atoms with Crippen molar-refractivity contribution >= 4 is 44.4 Å². The predicted molar refractivity (Wildman–Crippen MR) is 95.6 cm³/mol. The van der Waals surface area contributed by atoms with Gasteiger partial charge in [-0.15, -0.1) is 0 Å². The van der Waals surface area contributed by atoms with Crippen molar-refractivity contribution in [1.82, 2.24) is 5.32 Å². The van der Waals surface area contributed by atoms with Crippen LogP contribution in [0.25, 0.3) is 0 Å². The Bertz CT molecular complexity index is 646. The summed E-state index contributed by atoms with van der Waals surface area (Å²) in [5.41, 5.74) is 1.65. The van der Waals surface area contributed by atoms with Crippen molar-refractivity contribution in [2.24, 2.45) is 0 Å². The molecule has 110 valence electrons. The maximum atomic E-state index is 12.2. The van der Waals surface area contributed by atoms with Gasteiger partial charge in [-0.3, -0.25) is 4.79 Å². The highest BCUT2D eigenvalue weighted by Gasteiger charge is 2.10. The fraction of sp³-hybridized carbons (Fsp3) is 0.188. The Morgan fingerprint density at radius 2 is 2.10 bits per heavy atom. The summed E-state index contributed by atoms with van der Waals surface area (Å²) < 4.78 is 7.27. The number of carbonyl (C=O) groups is 1. The third kappa shape index (κ3) is 4.71. The molecule has 2 rings (SSSR count). The van der Waals surface area contributed by atoms with Crippen LogP contribution in [0.2, 0.25) is 0 Å². The van der Waals surface area contributed by atoms with E-state index in [0.717, 1.165) is 19.4 Å². The van der Waals surface area contributed by atoms with E-state index in [2.05, 4.69) is 43.8 Å². The van der Waals surface area contributed by atoms with Gasteiger partial charge in [-0.2, -0.15) is 0 Å². The molecule has 1 amide bonds. The summed E-state index contributed by atoms with van der Waals surface area (Å²) in [6.07, 6.45) is 0. The molecule has 1 N–H and O–H groups in total. The van der Waals surface area contributed by atoms with Gasteiger partial charge >= 0.3 is 0 Å². The molecule has 0 atom stereocenters. The molecule has 0 fully saturated rings. The number of carbonyl (C=O) groups excluding carboxylic acids is 1. The number of halogens is 2. The SMILES string of the molecule is CCOc1cccc(CNC(=O)c2cc(I)ccc2Br)c1. The topological polar surface area (TPSA) is 38.3 Å². The molecule has 3 nitrogen and oxygen atoms in total. The van der Waals surface area contributed by atoms with Crippen LogP contribution >= 0.6 is 38.5 Å². The zero-order valence-electron chi connectivity index (χ0n) is 11.5. The van der Waals surface area contributed by atoms with Crippen LogP contribution in [-0.4, -0.2) is 12.5 Å². The molecular weight excluding hydrogens is 445 g/mol. The molecule has 0 unspecified atom stereocenters. The number of rotatable bonds is 5. The van der Waals surface area contributed by atoms with Crippen LogP contribution in [0.1, 0.15) is 22.8 Å². The zero-order valence-corrected chi connectivity index (χ0v) is 15.3. The third-order valence-corrected chi connectivity index (χ3v) is 4.20. The summed E-state index contributed by atoms with van der Waals surface area (Å²) in [5, 5.41) is 2.92. The standard InChI is InChI=1S/C16H15BrINO2/c1-2-21-13-5-3-4-11(8-13)10-19-16(20)14-9-12(18)6-7-15(14)17/h3-9H,2,10H2,1H3,(H,19,20). The lowest BCUT2D eigenvalue weighted by molar-refractivity contribution is 0.0950. The smallest absolute Gasteiger partial charge is 0.252 e.